The molecule has 0 radical (unpaired) electrons. The predicted molar refractivity (Wildman–Crippen MR) is 92.6 cm³/mol. The van der Waals surface area contributed by atoms with Crippen LogP contribution in [0.3, 0.4) is 0 Å². The van der Waals surface area contributed by atoms with Gasteiger partial charge in [-0.1, -0.05) is 18.9 Å². The van der Waals surface area contributed by atoms with Gasteiger partial charge in [-0.3, -0.25) is 9.59 Å². The Bertz CT molecular complexity index is 564. The van der Waals surface area contributed by atoms with E-state index in [1.165, 1.54) is 0 Å². The number of carbonyl (C=O) groups is 2. The van der Waals surface area contributed by atoms with E-state index in [0.717, 1.165) is 44.6 Å². The maximum absolute atomic E-state index is 12.6. The third kappa shape index (κ3) is 3.86. The fourth-order valence-corrected chi connectivity index (χ4v) is 3.55. The summed E-state index contributed by atoms with van der Waals surface area (Å²) >= 11 is 0. The van der Waals surface area contributed by atoms with E-state index >= 15 is 0 Å². The van der Waals surface area contributed by atoms with Gasteiger partial charge in [-0.2, -0.15) is 0 Å². The molecule has 0 spiro atoms. The number of aromatic nitrogens is 1. The fraction of sp³-hybridized carbons (Fsp3) is 0.611. The Hall–Kier alpha value is -2.11. The number of piperazine rings is 1. The third-order valence-electron chi connectivity index (χ3n) is 5.02. The molecule has 1 aliphatic carbocycles. The monoisotopic (exact) mass is 330 g/mol. The number of rotatable bonds is 4. The Morgan fingerprint density at radius 3 is 2.50 bits per heavy atom. The van der Waals surface area contributed by atoms with Crippen LogP contribution in [0.5, 0.6) is 0 Å². The molecular formula is C18H26N4O2. The molecule has 1 N–H and O–H groups in total. The minimum atomic E-state index is -0.445. The molecule has 1 atom stereocenters. The summed E-state index contributed by atoms with van der Waals surface area (Å²) in [5.74, 6) is 1.11. The molecule has 6 nitrogen and oxygen atoms in total. The maximum Gasteiger partial charge on any atom is 0.244 e. The smallest absolute Gasteiger partial charge is 0.244 e. The van der Waals surface area contributed by atoms with Crippen LogP contribution in [0.15, 0.2) is 24.4 Å². The lowest BCUT2D eigenvalue weighted by molar-refractivity contribution is -0.137. The van der Waals surface area contributed by atoms with Gasteiger partial charge in [0.15, 0.2) is 0 Å². The Balaban J connectivity index is 1.48. The number of amides is 2. The zero-order chi connectivity index (χ0) is 16.9. The van der Waals surface area contributed by atoms with E-state index in [1.807, 2.05) is 23.1 Å². The van der Waals surface area contributed by atoms with Crippen LogP contribution in [0.25, 0.3) is 0 Å². The lowest BCUT2D eigenvalue weighted by atomic mass is 10.1. The summed E-state index contributed by atoms with van der Waals surface area (Å²) in [6.07, 6.45) is 5.93. The number of hydrogen-bond acceptors (Lipinski definition) is 4. The molecule has 2 amide bonds. The second-order valence-corrected chi connectivity index (χ2v) is 6.71. The highest BCUT2D eigenvalue weighted by molar-refractivity contribution is 5.88. The van der Waals surface area contributed by atoms with Crippen molar-refractivity contribution in [3.63, 3.8) is 0 Å². The van der Waals surface area contributed by atoms with Crippen molar-refractivity contribution in [2.45, 2.75) is 38.6 Å². The van der Waals surface area contributed by atoms with Crippen molar-refractivity contribution in [2.75, 3.05) is 31.1 Å². The van der Waals surface area contributed by atoms with Crippen molar-refractivity contribution in [3.05, 3.63) is 24.4 Å². The number of anilines is 1. The van der Waals surface area contributed by atoms with E-state index in [0.29, 0.717) is 13.1 Å². The molecule has 2 aliphatic rings. The fourth-order valence-electron chi connectivity index (χ4n) is 3.55. The van der Waals surface area contributed by atoms with E-state index in [9.17, 15) is 9.59 Å². The van der Waals surface area contributed by atoms with Gasteiger partial charge in [0.05, 0.1) is 0 Å². The SMILES string of the molecule is C[C@H](NC(=O)C1CCCC1)C(=O)N1CCN(c2ccccn2)CC1. The van der Waals surface area contributed by atoms with Crippen molar-refractivity contribution in [2.24, 2.45) is 5.92 Å². The molecule has 1 saturated carbocycles. The van der Waals surface area contributed by atoms with E-state index < -0.39 is 6.04 Å². The van der Waals surface area contributed by atoms with Crippen LogP contribution in [0, 0.1) is 5.92 Å². The zero-order valence-corrected chi connectivity index (χ0v) is 14.3. The van der Waals surface area contributed by atoms with Gasteiger partial charge in [0.25, 0.3) is 0 Å². The summed E-state index contributed by atoms with van der Waals surface area (Å²) in [7, 11) is 0. The van der Waals surface area contributed by atoms with Crippen molar-refractivity contribution >= 4 is 17.6 Å². The first-order valence-corrected chi connectivity index (χ1v) is 8.90. The first-order valence-electron chi connectivity index (χ1n) is 8.90. The molecule has 1 aromatic heterocycles. The van der Waals surface area contributed by atoms with Crippen molar-refractivity contribution in [3.8, 4) is 0 Å². The quantitative estimate of drug-likeness (QED) is 0.907. The van der Waals surface area contributed by atoms with Gasteiger partial charge in [-0.05, 0) is 31.9 Å². The van der Waals surface area contributed by atoms with Crippen LogP contribution in [0.1, 0.15) is 32.6 Å². The molecule has 3 rings (SSSR count). The van der Waals surface area contributed by atoms with Crippen LogP contribution in [-0.2, 0) is 9.59 Å². The van der Waals surface area contributed by atoms with Gasteiger partial charge in [-0.15, -0.1) is 0 Å². The normalized spacial score (nSPS) is 20.0. The largest absolute Gasteiger partial charge is 0.353 e. The number of hydrogen-bond donors (Lipinski definition) is 1. The van der Waals surface area contributed by atoms with Gasteiger partial charge >= 0.3 is 0 Å². The van der Waals surface area contributed by atoms with Crippen molar-refractivity contribution < 1.29 is 9.59 Å². The molecule has 0 bridgehead atoms. The Morgan fingerprint density at radius 1 is 1.17 bits per heavy atom. The molecule has 0 aromatic carbocycles. The van der Waals surface area contributed by atoms with Crippen molar-refractivity contribution in [1.29, 1.82) is 0 Å². The van der Waals surface area contributed by atoms with Gasteiger partial charge < -0.3 is 15.1 Å². The summed E-state index contributed by atoms with van der Waals surface area (Å²) in [4.78, 5) is 33.1. The van der Waals surface area contributed by atoms with Crippen LogP contribution in [0.2, 0.25) is 0 Å². The summed E-state index contributed by atoms with van der Waals surface area (Å²) in [5.41, 5.74) is 0. The van der Waals surface area contributed by atoms with E-state index in [-0.39, 0.29) is 17.7 Å². The number of nitrogens with one attached hydrogen (secondary N) is 1. The van der Waals surface area contributed by atoms with Gasteiger partial charge in [0, 0.05) is 38.3 Å². The maximum atomic E-state index is 12.6. The Kier molecular flexibility index (Phi) is 5.33. The van der Waals surface area contributed by atoms with Gasteiger partial charge in [0.1, 0.15) is 11.9 Å². The highest BCUT2D eigenvalue weighted by Crippen LogP contribution is 2.24. The average Bonchev–Trinajstić information content (AvgIpc) is 3.17. The van der Waals surface area contributed by atoms with Gasteiger partial charge in [-0.25, -0.2) is 4.98 Å². The second-order valence-electron chi connectivity index (χ2n) is 6.71. The van der Waals surface area contributed by atoms with E-state index in [4.69, 9.17) is 0 Å². The number of pyridine rings is 1. The van der Waals surface area contributed by atoms with Crippen LogP contribution in [0.4, 0.5) is 5.82 Å². The van der Waals surface area contributed by atoms with E-state index in [2.05, 4.69) is 15.2 Å². The predicted octanol–water partition coefficient (Wildman–Crippen LogP) is 1.43. The lowest BCUT2D eigenvalue weighted by Crippen LogP contribution is -2.54. The summed E-state index contributed by atoms with van der Waals surface area (Å²) in [6.45, 7) is 4.66. The molecule has 130 valence electrons. The van der Waals surface area contributed by atoms with Crippen LogP contribution in [-0.4, -0.2) is 53.9 Å². The Morgan fingerprint density at radius 2 is 1.88 bits per heavy atom. The topological polar surface area (TPSA) is 65.5 Å². The number of nitrogens with zero attached hydrogens (tertiary/aromatic N) is 3. The third-order valence-corrected chi connectivity index (χ3v) is 5.02. The Labute approximate surface area is 143 Å². The molecule has 0 unspecified atom stereocenters. The standard InChI is InChI=1S/C18H26N4O2/c1-14(20-17(23)15-6-2-3-7-15)18(24)22-12-10-21(11-13-22)16-8-4-5-9-19-16/h4-5,8-9,14-15H,2-3,6-7,10-13H2,1H3,(H,20,23)/t14-/m0/s1. The first kappa shape index (κ1) is 16.7. The minimum absolute atomic E-state index is 0.0158. The molecule has 2 fully saturated rings. The highest BCUT2D eigenvalue weighted by Gasteiger charge is 2.29. The summed E-state index contributed by atoms with van der Waals surface area (Å²) in [5, 5.41) is 2.91. The molecule has 1 saturated heterocycles. The van der Waals surface area contributed by atoms with Crippen LogP contribution >= 0.6 is 0 Å². The molecule has 1 aliphatic heterocycles. The second kappa shape index (κ2) is 7.64. The molecular weight excluding hydrogens is 304 g/mol. The van der Waals surface area contributed by atoms with Gasteiger partial charge in [0.2, 0.25) is 11.8 Å². The molecule has 6 heteroatoms. The highest BCUT2D eigenvalue weighted by atomic mass is 16.2. The average molecular weight is 330 g/mol. The lowest BCUT2D eigenvalue weighted by Gasteiger charge is -2.36. The zero-order valence-electron chi connectivity index (χ0n) is 14.3. The molecule has 24 heavy (non-hydrogen) atoms. The van der Waals surface area contributed by atoms with Crippen LogP contribution < -0.4 is 10.2 Å². The van der Waals surface area contributed by atoms with E-state index in [1.54, 1.807) is 13.1 Å². The molecule has 2 heterocycles. The minimum Gasteiger partial charge on any atom is -0.353 e. The first-order chi connectivity index (χ1) is 11.6. The summed E-state index contributed by atoms with van der Waals surface area (Å²) in [6, 6.07) is 5.42. The van der Waals surface area contributed by atoms with Crippen molar-refractivity contribution in [1.82, 2.24) is 15.2 Å². The summed E-state index contributed by atoms with van der Waals surface area (Å²) < 4.78 is 0. The molecule has 1 aromatic rings. The number of carbonyl (C=O) groups excluding carboxylic acids is 2.